The normalized spacial score (nSPS) is 9.53. The number of imidazole rings is 1. The van der Waals surface area contributed by atoms with Gasteiger partial charge < -0.3 is 0 Å². The molecule has 2 aromatic heterocycles. The van der Waals surface area contributed by atoms with Crippen molar-refractivity contribution in [2.75, 3.05) is 0 Å². The number of aromatic nitrogens is 4. The van der Waals surface area contributed by atoms with Crippen LogP contribution in [0.1, 0.15) is 17.2 Å². The first-order chi connectivity index (χ1) is 7.26. The Morgan fingerprint density at radius 1 is 1.40 bits per heavy atom. The first kappa shape index (κ1) is 9.31. The molecule has 0 atom stereocenters. The van der Waals surface area contributed by atoms with Crippen LogP contribution in [0.2, 0.25) is 0 Å². The molecule has 0 aliphatic rings. The van der Waals surface area contributed by atoms with Gasteiger partial charge in [0.1, 0.15) is 24.3 Å². The minimum Gasteiger partial charge on any atom is -0.263 e. The molecule has 6 nitrogen and oxygen atoms in total. The lowest BCUT2D eigenvalue weighted by molar-refractivity contribution is 0.992. The third kappa shape index (κ3) is 1.45. The molecule has 2 aromatic rings. The standard InChI is InChI=1S/C8H4N6S/c1-5-12-8(15-13-5)14-4-11-6(2-9)7(14)3-10/h4H,1H3. The Kier molecular flexibility index (Phi) is 2.16. The van der Waals surface area contributed by atoms with Crippen molar-refractivity contribution in [1.82, 2.24) is 18.9 Å². The second-order valence-corrected chi connectivity index (χ2v) is 3.39. The van der Waals surface area contributed by atoms with E-state index in [0.717, 1.165) is 11.5 Å². The van der Waals surface area contributed by atoms with Gasteiger partial charge in [-0.15, -0.1) is 0 Å². The third-order valence-corrected chi connectivity index (χ3v) is 2.51. The highest BCUT2D eigenvalue weighted by Crippen LogP contribution is 2.15. The summed E-state index contributed by atoms with van der Waals surface area (Å²) in [5.74, 6) is 0.631. The molecule has 0 bridgehead atoms. The van der Waals surface area contributed by atoms with Gasteiger partial charge in [0.2, 0.25) is 5.13 Å². The molecule has 15 heavy (non-hydrogen) atoms. The maximum Gasteiger partial charge on any atom is 0.215 e. The van der Waals surface area contributed by atoms with Crippen LogP contribution in [0.15, 0.2) is 6.33 Å². The molecule has 0 saturated heterocycles. The number of hydrogen-bond acceptors (Lipinski definition) is 6. The van der Waals surface area contributed by atoms with Crippen molar-refractivity contribution in [3.63, 3.8) is 0 Å². The molecule has 0 aliphatic carbocycles. The lowest BCUT2D eigenvalue weighted by Crippen LogP contribution is -1.95. The van der Waals surface area contributed by atoms with Gasteiger partial charge in [-0.2, -0.15) is 14.9 Å². The molecule has 0 radical (unpaired) electrons. The fourth-order valence-electron chi connectivity index (χ4n) is 1.07. The van der Waals surface area contributed by atoms with Gasteiger partial charge in [-0.25, -0.2) is 9.97 Å². The highest BCUT2D eigenvalue weighted by Gasteiger charge is 2.13. The summed E-state index contributed by atoms with van der Waals surface area (Å²) >= 11 is 1.16. The van der Waals surface area contributed by atoms with Gasteiger partial charge in [-0.3, -0.25) is 4.57 Å². The SMILES string of the molecule is Cc1nsc(-n2cnc(C#N)c2C#N)n1. The van der Waals surface area contributed by atoms with E-state index in [0.29, 0.717) is 11.0 Å². The summed E-state index contributed by atoms with van der Waals surface area (Å²) in [7, 11) is 0. The highest BCUT2D eigenvalue weighted by molar-refractivity contribution is 7.08. The van der Waals surface area contributed by atoms with Crippen LogP contribution in [0.4, 0.5) is 0 Å². The molecule has 0 fully saturated rings. The number of aryl methyl sites for hydroxylation is 1. The predicted molar refractivity (Wildman–Crippen MR) is 51.2 cm³/mol. The van der Waals surface area contributed by atoms with Crippen LogP contribution < -0.4 is 0 Å². The average molecular weight is 216 g/mol. The molecule has 0 N–H and O–H groups in total. The van der Waals surface area contributed by atoms with Crippen molar-refractivity contribution in [1.29, 1.82) is 10.5 Å². The van der Waals surface area contributed by atoms with Gasteiger partial charge in [-0.05, 0) is 6.92 Å². The molecular weight excluding hydrogens is 212 g/mol. The van der Waals surface area contributed by atoms with E-state index in [1.54, 1.807) is 6.92 Å². The van der Waals surface area contributed by atoms with Gasteiger partial charge in [0.25, 0.3) is 0 Å². The quantitative estimate of drug-likeness (QED) is 0.702. The fourth-order valence-corrected chi connectivity index (χ4v) is 1.72. The van der Waals surface area contributed by atoms with Gasteiger partial charge in [0, 0.05) is 11.5 Å². The van der Waals surface area contributed by atoms with Crippen molar-refractivity contribution in [2.24, 2.45) is 0 Å². The summed E-state index contributed by atoms with van der Waals surface area (Å²) in [4.78, 5) is 7.92. The zero-order valence-electron chi connectivity index (χ0n) is 7.67. The summed E-state index contributed by atoms with van der Waals surface area (Å²) in [5.41, 5.74) is 0.291. The van der Waals surface area contributed by atoms with Crippen LogP contribution in [0.3, 0.4) is 0 Å². The first-order valence-corrected chi connectivity index (χ1v) is 4.72. The van der Waals surface area contributed by atoms with E-state index in [2.05, 4.69) is 14.3 Å². The van der Waals surface area contributed by atoms with Crippen LogP contribution in [0, 0.1) is 29.6 Å². The molecule has 7 heteroatoms. The zero-order valence-corrected chi connectivity index (χ0v) is 8.49. The number of nitrogens with zero attached hydrogens (tertiary/aromatic N) is 6. The van der Waals surface area contributed by atoms with E-state index in [-0.39, 0.29) is 11.4 Å². The summed E-state index contributed by atoms with van der Waals surface area (Å²) in [6.45, 7) is 1.76. The lowest BCUT2D eigenvalue weighted by Gasteiger charge is -1.94. The summed E-state index contributed by atoms with van der Waals surface area (Å²) < 4.78 is 5.45. The van der Waals surface area contributed by atoms with Crippen molar-refractivity contribution < 1.29 is 0 Å². The van der Waals surface area contributed by atoms with Gasteiger partial charge in [0.05, 0.1) is 0 Å². The number of rotatable bonds is 1. The van der Waals surface area contributed by atoms with Crippen LogP contribution in [0.25, 0.3) is 5.13 Å². The second kappa shape index (κ2) is 3.48. The summed E-state index contributed by atoms with van der Waals surface area (Å²) in [5, 5.41) is 18.1. The van der Waals surface area contributed by atoms with E-state index in [4.69, 9.17) is 10.5 Å². The topological polar surface area (TPSA) is 91.2 Å². The van der Waals surface area contributed by atoms with Crippen LogP contribution in [-0.4, -0.2) is 18.9 Å². The monoisotopic (exact) mass is 216 g/mol. The Labute approximate surface area is 89.2 Å². The Balaban J connectivity index is 2.61. The van der Waals surface area contributed by atoms with Crippen LogP contribution in [0.5, 0.6) is 0 Å². The van der Waals surface area contributed by atoms with Crippen molar-refractivity contribution >= 4 is 11.5 Å². The second-order valence-electron chi connectivity index (χ2n) is 2.66. The molecular formula is C8H4N6S. The molecule has 0 unspecified atom stereocenters. The van der Waals surface area contributed by atoms with E-state index in [9.17, 15) is 0 Å². The van der Waals surface area contributed by atoms with Gasteiger partial charge in [0.15, 0.2) is 11.4 Å². The Morgan fingerprint density at radius 3 is 2.73 bits per heavy atom. The molecule has 2 heterocycles. The molecule has 0 spiro atoms. The summed E-state index contributed by atoms with van der Waals surface area (Å²) in [6, 6.07) is 3.77. The molecule has 0 aliphatic heterocycles. The molecule has 0 aromatic carbocycles. The highest BCUT2D eigenvalue weighted by atomic mass is 32.1. The molecule has 0 amide bonds. The van der Waals surface area contributed by atoms with E-state index < -0.39 is 0 Å². The van der Waals surface area contributed by atoms with E-state index >= 15 is 0 Å². The largest absolute Gasteiger partial charge is 0.263 e. The Morgan fingerprint density at radius 2 is 2.20 bits per heavy atom. The Bertz CT molecular complexity index is 581. The first-order valence-electron chi connectivity index (χ1n) is 3.94. The van der Waals surface area contributed by atoms with Crippen molar-refractivity contribution in [2.45, 2.75) is 6.92 Å². The molecule has 2 rings (SSSR count). The summed E-state index contributed by atoms with van der Waals surface area (Å²) in [6.07, 6.45) is 1.40. The Hall–Kier alpha value is -2.25. The third-order valence-electron chi connectivity index (χ3n) is 1.70. The smallest absolute Gasteiger partial charge is 0.215 e. The van der Waals surface area contributed by atoms with E-state index in [1.165, 1.54) is 10.9 Å². The average Bonchev–Trinajstić information content (AvgIpc) is 2.82. The fraction of sp³-hybridized carbons (Fsp3) is 0.125. The molecule has 0 saturated carbocycles. The molecule has 72 valence electrons. The lowest BCUT2D eigenvalue weighted by atomic mass is 10.4. The van der Waals surface area contributed by atoms with Gasteiger partial charge >= 0.3 is 0 Å². The number of nitriles is 2. The van der Waals surface area contributed by atoms with Crippen molar-refractivity contribution in [3.05, 3.63) is 23.5 Å². The van der Waals surface area contributed by atoms with Crippen LogP contribution >= 0.6 is 11.5 Å². The van der Waals surface area contributed by atoms with E-state index in [1.807, 2.05) is 12.1 Å². The minimum atomic E-state index is 0.102. The zero-order chi connectivity index (χ0) is 10.8. The van der Waals surface area contributed by atoms with Crippen molar-refractivity contribution in [3.8, 4) is 17.3 Å². The maximum absolute atomic E-state index is 8.88. The van der Waals surface area contributed by atoms with Gasteiger partial charge in [-0.1, -0.05) is 0 Å². The predicted octanol–water partition coefficient (Wildman–Crippen LogP) is 0.776. The van der Waals surface area contributed by atoms with Crippen LogP contribution in [-0.2, 0) is 0 Å². The minimum absolute atomic E-state index is 0.102. The maximum atomic E-state index is 8.88. The number of hydrogen-bond donors (Lipinski definition) is 0.